The SMILES string of the molecule is O=C(c1cc(C2CC2)c(COc2cc(Cl)cc(OC(F)(F)F)c2)cc1F)N1CCCC1.O=CO. The summed E-state index contributed by atoms with van der Waals surface area (Å²) in [5.74, 6) is -1.17. The fraction of sp³-hybridized carbons (Fsp3) is 0.391. The van der Waals surface area contributed by atoms with Crippen LogP contribution in [0.4, 0.5) is 17.6 Å². The molecule has 1 N–H and O–H groups in total. The maximum atomic E-state index is 14.8. The van der Waals surface area contributed by atoms with Gasteiger partial charge in [-0.2, -0.15) is 0 Å². The van der Waals surface area contributed by atoms with E-state index in [1.165, 1.54) is 12.1 Å². The van der Waals surface area contributed by atoms with Crippen molar-refractivity contribution in [2.24, 2.45) is 0 Å². The summed E-state index contributed by atoms with van der Waals surface area (Å²) < 4.78 is 61.7. The number of carbonyl (C=O) groups is 2. The van der Waals surface area contributed by atoms with Crippen molar-refractivity contribution in [3.05, 3.63) is 57.9 Å². The molecule has 34 heavy (non-hydrogen) atoms. The summed E-state index contributed by atoms with van der Waals surface area (Å²) in [5, 5.41) is 6.90. The van der Waals surface area contributed by atoms with Crippen LogP contribution in [0.3, 0.4) is 0 Å². The van der Waals surface area contributed by atoms with Gasteiger partial charge in [-0.05, 0) is 67.0 Å². The van der Waals surface area contributed by atoms with E-state index in [9.17, 15) is 22.4 Å². The maximum absolute atomic E-state index is 14.8. The monoisotopic (exact) mass is 503 g/mol. The van der Waals surface area contributed by atoms with Gasteiger partial charge in [0.25, 0.3) is 12.4 Å². The summed E-state index contributed by atoms with van der Waals surface area (Å²) in [5.41, 5.74) is 1.44. The molecule has 0 spiro atoms. The first-order valence-corrected chi connectivity index (χ1v) is 10.9. The number of likely N-dealkylation sites (tertiary alicyclic amines) is 1. The van der Waals surface area contributed by atoms with Crippen LogP contribution < -0.4 is 9.47 Å². The van der Waals surface area contributed by atoms with Crippen molar-refractivity contribution in [1.82, 2.24) is 4.90 Å². The third-order valence-electron chi connectivity index (χ3n) is 5.34. The van der Waals surface area contributed by atoms with E-state index in [4.69, 9.17) is 26.2 Å². The molecule has 1 saturated carbocycles. The number of benzene rings is 2. The first-order valence-electron chi connectivity index (χ1n) is 10.5. The highest BCUT2D eigenvalue weighted by molar-refractivity contribution is 6.30. The second-order valence-corrected chi connectivity index (χ2v) is 8.31. The van der Waals surface area contributed by atoms with Crippen LogP contribution in [0, 0.1) is 5.82 Å². The Bertz CT molecular complexity index is 1040. The number of hydrogen-bond acceptors (Lipinski definition) is 4. The van der Waals surface area contributed by atoms with Gasteiger partial charge in [0.15, 0.2) is 0 Å². The zero-order valence-corrected chi connectivity index (χ0v) is 18.7. The Morgan fingerprint density at radius 3 is 2.32 bits per heavy atom. The van der Waals surface area contributed by atoms with Crippen molar-refractivity contribution in [2.45, 2.75) is 44.6 Å². The number of hydrogen-bond donors (Lipinski definition) is 1. The van der Waals surface area contributed by atoms with E-state index in [1.54, 1.807) is 11.0 Å². The lowest BCUT2D eigenvalue weighted by molar-refractivity contribution is -0.274. The fourth-order valence-corrected chi connectivity index (χ4v) is 3.97. The number of halogens is 5. The molecule has 2 aliphatic rings. The minimum atomic E-state index is -4.86. The summed E-state index contributed by atoms with van der Waals surface area (Å²) in [6, 6.07) is 6.33. The van der Waals surface area contributed by atoms with Gasteiger partial charge < -0.3 is 19.5 Å². The number of carboxylic acid groups (broad SMARTS) is 1. The van der Waals surface area contributed by atoms with E-state index in [1.807, 2.05) is 0 Å². The van der Waals surface area contributed by atoms with Crippen molar-refractivity contribution in [3.63, 3.8) is 0 Å². The van der Waals surface area contributed by atoms with Gasteiger partial charge in [-0.3, -0.25) is 9.59 Å². The van der Waals surface area contributed by atoms with Gasteiger partial charge in [0, 0.05) is 24.2 Å². The van der Waals surface area contributed by atoms with Crippen molar-refractivity contribution in [3.8, 4) is 11.5 Å². The zero-order chi connectivity index (χ0) is 24.9. The number of rotatable bonds is 6. The molecule has 11 heteroatoms. The lowest BCUT2D eigenvalue weighted by Gasteiger charge is -2.18. The Morgan fingerprint density at radius 1 is 1.12 bits per heavy atom. The van der Waals surface area contributed by atoms with Gasteiger partial charge in [-0.25, -0.2) is 4.39 Å². The molecule has 1 heterocycles. The molecule has 1 saturated heterocycles. The van der Waals surface area contributed by atoms with Crippen LogP contribution in [0.5, 0.6) is 11.5 Å². The molecule has 0 bridgehead atoms. The van der Waals surface area contributed by atoms with E-state index in [0.717, 1.165) is 43.4 Å². The third-order valence-corrected chi connectivity index (χ3v) is 5.56. The lowest BCUT2D eigenvalue weighted by Crippen LogP contribution is -2.28. The van der Waals surface area contributed by atoms with Gasteiger partial charge in [0.2, 0.25) is 0 Å². The second-order valence-electron chi connectivity index (χ2n) is 7.87. The Labute approximate surface area is 198 Å². The Kier molecular flexibility index (Phi) is 8.24. The maximum Gasteiger partial charge on any atom is 0.573 e. The van der Waals surface area contributed by atoms with Crippen LogP contribution in [0.15, 0.2) is 30.3 Å². The summed E-state index contributed by atoms with van der Waals surface area (Å²) in [4.78, 5) is 22.7. The molecule has 2 aromatic rings. The Hall–Kier alpha value is -3.01. The van der Waals surface area contributed by atoms with Crippen molar-refractivity contribution < 1.29 is 41.7 Å². The largest absolute Gasteiger partial charge is 0.573 e. The molecule has 1 aliphatic heterocycles. The Balaban J connectivity index is 0.00000103. The molecule has 0 aromatic heterocycles. The molecule has 0 radical (unpaired) electrons. The molecule has 0 unspecified atom stereocenters. The molecule has 0 atom stereocenters. The van der Waals surface area contributed by atoms with Crippen LogP contribution >= 0.6 is 11.6 Å². The predicted molar refractivity (Wildman–Crippen MR) is 115 cm³/mol. The first-order chi connectivity index (χ1) is 16.1. The minimum absolute atomic E-state index is 0.0110. The quantitative estimate of drug-likeness (QED) is 0.400. The smallest absolute Gasteiger partial charge is 0.489 e. The van der Waals surface area contributed by atoms with Gasteiger partial charge in [-0.15, -0.1) is 13.2 Å². The summed E-state index contributed by atoms with van der Waals surface area (Å²) >= 11 is 5.87. The topological polar surface area (TPSA) is 76.1 Å². The first kappa shape index (κ1) is 25.6. The van der Waals surface area contributed by atoms with Crippen LogP contribution in [0.2, 0.25) is 5.02 Å². The highest BCUT2D eigenvalue weighted by atomic mass is 35.5. The molecule has 184 valence electrons. The summed E-state index contributed by atoms with van der Waals surface area (Å²) in [6.07, 6.45) is -1.18. The highest BCUT2D eigenvalue weighted by Gasteiger charge is 2.32. The minimum Gasteiger partial charge on any atom is -0.489 e. The second kappa shape index (κ2) is 10.9. The molecule has 1 amide bonds. The molecular formula is C23H22ClF4NO5. The molecular weight excluding hydrogens is 482 g/mol. The fourth-order valence-electron chi connectivity index (χ4n) is 3.76. The lowest BCUT2D eigenvalue weighted by atomic mass is 9.99. The molecule has 4 rings (SSSR count). The third kappa shape index (κ3) is 6.99. The number of amides is 1. The van der Waals surface area contributed by atoms with Crippen LogP contribution in [0.25, 0.3) is 0 Å². The van der Waals surface area contributed by atoms with E-state index in [2.05, 4.69) is 4.74 Å². The van der Waals surface area contributed by atoms with E-state index < -0.39 is 17.9 Å². The van der Waals surface area contributed by atoms with Crippen LogP contribution in [-0.2, 0) is 11.4 Å². The van der Waals surface area contributed by atoms with E-state index in [-0.39, 0.29) is 41.2 Å². The molecule has 1 aliphatic carbocycles. The number of alkyl halides is 3. The Morgan fingerprint density at radius 2 is 1.74 bits per heavy atom. The summed E-state index contributed by atoms with van der Waals surface area (Å²) in [7, 11) is 0. The number of carbonyl (C=O) groups excluding carboxylic acids is 1. The van der Waals surface area contributed by atoms with Gasteiger partial charge >= 0.3 is 6.36 Å². The standard InChI is InChI=1S/C22H20ClF4NO3.CH2O2/c23-15-8-16(10-17(9-15)31-22(25,26)27)30-12-14-7-20(24)19(11-18(14)13-3-4-13)21(29)28-5-1-2-6-28;2-1-3/h7-11,13H,1-6,12H2;1H,(H,2,3). The van der Waals surface area contributed by atoms with E-state index in [0.29, 0.717) is 18.7 Å². The molecule has 6 nitrogen and oxygen atoms in total. The van der Waals surface area contributed by atoms with Crippen molar-refractivity contribution >= 4 is 24.0 Å². The number of nitrogens with zero attached hydrogens (tertiary/aromatic N) is 1. The summed E-state index contributed by atoms with van der Waals surface area (Å²) in [6.45, 7) is 0.921. The predicted octanol–water partition coefficient (Wildman–Crippen LogP) is 5.77. The molecule has 2 fully saturated rings. The van der Waals surface area contributed by atoms with E-state index >= 15 is 0 Å². The van der Waals surface area contributed by atoms with Crippen molar-refractivity contribution in [1.29, 1.82) is 0 Å². The average molecular weight is 504 g/mol. The van der Waals surface area contributed by atoms with Crippen LogP contribution in [0.1, 0.15) is 53.1 Å². The normalized spacial score (nSPS) is 15.4. The molecule has 2 aromatic carbocycles. The van der Waals surface area contributed by atoms with Crippen molar-refractivity contribution in [2.75, 3.05) is 13.1 Å². The highest BCUT2D eigenvalue weighted by Crippen LogP contribution is 2.43. The number of ether oxygens (including phenoxy) is 2. The van der Waals surface area contributed by atoms with Crippen LogP contribution in [-0.4, -0.2) is 41.8 Å². The van der Waals surface area contributed by atoms with Gasteiger partial charge in [-0.1, -0.05) is 11.6 Å². The zero-order valence-electron chi connectivity index (χ0n) is 17.9. The average Bonchev–Trinajstić information content (AvgIpc) is 3.43. The van der Waals surface area contributed by atoms with Gasteiger partial charge in [0.1, 0.15) is 23.9 Å². The van der Waals surface area contributed by atoms with Gasteiger partial charge in [0.05, 0.1) is 5.56 Å².